The summed E-state index contributed by atoms with van der Waals surface area (Å²) in [6, 6.07) is 8.06. The van der Waals surface area contributed by atoms with Gasteiger partial charge >= 0.3 is 0 Å². The van der Waals surface area contributed by atoms with E-state index in [0.717, 1.165) is 0 Å². The summed E-state index contributed by atoms with van der Waals surface area (Å²) >= 11 is 0. The molecule has 0 saturated carbocycles. The van der Waals surface area contributed by atoms with E-state index in [1.165, 1.54) is 36.4 Å². The van der Waals surface area contributed by atoms with Crippen molar-refractivity contribution in [3.8, 4) is 11.5 Å². The number of hydrogen-bond acceptors (Lipinski definition) is 6. The van der Waals surface area contributed by atoms with Crippen molar-refractivity contribution in [3.63, 3.8) is 0 Å². The molecule has 2 aliphatic rings. The topological polar surface area (TPSA) is 91.2 Å². The van der Waals surface area contributed by atoms with Crippen LogP contribution in [-0.4, -0.2) is 46.7 Å². The van der Waals surface area contributed by atoms with Crippen molar-refractivity contribution in [1.82, 2.24) is 5.32 Å². The lowest BCUT2D eigenvalue weighted by Crippen LogP contribution is -2.43. The van der Waals surface area contributed by atoms with Gasteiger partial charge in [-0.2, -0.15) is 0 Å². The van der Waals surface area contributed by atoms with Crippen molar-refractivity contribution in [2.45, 2.75) is 49.8 Å². The molecule has 0 fully saturated rings. The lowest BCUT2D eigenvalue weighted by molar-refractivity contribution is -0.0140. The van der Waals surface area contributed by atoms with Crippen molar-refractivity contribution >= 4 is 0 Å². The molecule has 5 unspecified atom stereocenters. The zero-order chi connectivity index (χ0) is 21.3. The Hall–Kier alpha value is -2.26. The van der Waals surface area contributed by atoms with Crippen molar-refractivity contribution in [2.75, 3.05) is 13.1 Å². The number of nitrogens with one attached hydrogen (secondary N) is 1. The molecular formula is C22H25F2NO5. The third-order valence-corrected chi connectivity index (χ3v) is 5.60. The zero-order valence-electron chi connectivity index (χ0n) is 16.3. The van der Waals surface area contributed by atoms with E-state index >= 15 is 0 Å². The Bertz CT molecular complexity index is 896. The molecule has 0 spiro atoms. The Morgan fingerprint density at radius 3 is 2.20 bits per heavy atom. The lowest BCUT2D eigenvalue weighted by atomic mass is 9.96. The van der Waals surface area contributed by atoms with Gasteiger partial charge in [0.05, 0.1) is 12.2 Å². The molecule has 0 radical (unpaired) electrons. The molecule has 4 rings (SSSR count). The monoisotopic (exact) mass is 421 g/mol. The van der Waals surface area contributed by atoms with Crippen molar-refractivity contribution in [2.24, 2.45) is 0 Å². The average molecular weight is 421 g/mol. The Balaban J connectivity index is 1.24. The van der Waals surface area contributed by atoms with Crippen LogP contribution in [0.15, 0.2) is 36.4 Å². The minimum atomic E-state index is -0.897. The smallest absolute Gasteiger partial charge is 0.129 e. The highest BCUT2D eigenvalue weighted by Crippen LogP contribution is 2.37. The van der Waals surface area contributed by atoms with Crippen molar-refractivity contribution in [3.05, 3.63) is 59.2 Å². The molecule has 4 N–H and O–H groups in total. The second-order valence-corrected chi connectivity index (χ2v) is 7.82. The van der Waals surface area contributed by atoms with Crippen LogP contribution in [-0.2, 0) is 0 Å². The van der Waals surface area contributed by atoms with E-state index in [9.17, 15) is 24.1 Å². The number of aliphatic hydroxyl groups is 3. The second kappa shape index (κ2) is 8.85. The van der Waals surface area contributed by atoms with Gasteiger partial charge in [-0.05, 0) is 49.4 Å². The van der Waals surface area contributed by atoms with E-state index in [1.54, 1.807) is 0 Å². The summed E-state index contributed by atoms with van der Waals surface area (Å²) in [5, 5.41) is 34.0. The Morgan fingerprint density at radius 1 is 0.933 bits per heavy atom. The van der Waals surface area contributed by atoms with E-state index in [1.807, 2.05) is 0 Å². The van der Waals surface area contributed by atoms with Crippen LogP contribution in [0.4, 0.5) is 8.78 Å². The van der Waals surface area contributed by atoms with Crippen LogP contribution in [0.5, 0.6) is 11.5 Å². The molecule has 162 valence electrons. The van der Waals surface area contributed by atoms with E-state index < -0.39 is 36.1 Å². The number of ether oxygens (including phenoxy) is 2. The molecule has 0 bridgehead atoms. The number of benzene rings is 2. The van der Waals surface area contributed by atoms with Crippen molar-refractivity contribution in [1.29, 1.82) is 0 Å². The average Bonchev–Trinajstić information content (AvgIpc) is 2.72. The van der Waals surface area contributed by atoms with Crippen LogP contribution in [0.25, 0.3) is 0 Å². The first-order chi connectivity index (χ1) is 14.4. The van der Waals surface area contributed by atoms with Gasteiger partial charge in [-0.3, -0.25) is 0 Å². The lowest BCUT2D eigenvalue weighted by Gasteiger charge is -2.33. The molecule has 0 saturated heterocycles. The van der Waals surface area contributed by atoms with E-state index in [-0.39, 0.29) is 19.1 Å². The van der Waals surface area contributed by atoms with E-state index in [4.69, 9.17) is 9.47 Å². The number of fused-ring (bicyclic) bond motifs is 2. The normalized spacial score (nSPS) is 26.2. The predicted molar refractivity (Wildman–Crippen MR) is 104 cm³/mol. The van der Waals surface area contributed by atoms with Crippen LogP contribution in [0.1, 0.15) is 42.6 Å². The van der Waals surface area contributed by atoms with Gasteiger partial charge < -0.3 is 30.1 Å². The molecule has 2 aliphatic heterocycles. The van der Waals surface area contributed by atoms with Crippen molar-refractivity contribution < 1.29 is 33.6 Å². The standard InChI is InChI=1S/C22H25F2NO5/c23-12-1-3-20-15(7-12)17(26)9-14(29-20)5-6-25-11-19(28)22-10-18(27)16-8-13(24)2-4-21(16)30-22/h1-4,7-8,14,17-19,22,25-28H,5-6,9-11H2. The molecule has 0 amide bonds. The Kier molecular flexibility index (Phi) is 6.19. The highest BCUT2D eigenvalue weighted by molar-refractivity contribution is 5.38. The fraction of sp³-hybridized carbons (Fsp3) is 0.455. The van der Waals surface area contributed by atoms with Crippen LogP contribution >= 0.6 is 0 Å². The van der Waals surface area contributed by atoms with E-state index in [0.29, 0.717) is 42.0 Å². The van der Waals surface area contributed by atoms with Gasteiger partial charge in [0.25, 0.3) is 0 Å². The van der Waals surface area contributed by atoms with Crippen LogP contribution in [0.2, 0.25) is 0 Å². The summed E-state index contributed by atoms with van der Waals surface area (Å²) in [6.07, 6.45) is -2.24. The molecule has 2 aromatic rings. The molecule has 2 heterocycles. The number of halogens is 2. The van der Waals surface area contributed by atoms with Crippen LogP contribution < -0.4 is 14.8 Å². The number of rotatable bonds is 6. The Labute approximate surface area is 173 Å². The summed E-state index contributed by atoms with van der Waals surface area (Å²) in [4.78, 5) is 0. The first-order valence-electron chi connectivity index (χ1n) is 10.1. The molecule has 0 aromatic heterocycles. The van der Waals surface area contributed by atoms with E-state index in [2.05, 4.69) is 5.32 Å². The number of hydrogen-bond donors (Lipinski definition) is 4. The largest absolute Gasteiger partial charge is 0.490 e. The molecule has 30 heavy (non-hydrogen) atoms. The quantitative estimate of drug-likeness (QED) is 0.536. The molecule has 5 atom stereocenters. The molecule has 0 aliphatic carbocycles. The highest BCUT2D eigenvalue weighted by Gasteiger charge is 2.32. The van der Waals surface area contributed by atoms with Gasteiger partial charge in [0.1, 0.15) is 41.4 Å². The molecular weight excluding hydrogens is 396 g/mol. The second-order valence-electron chi connectivity index (χ2n) is 7.82. The summed E-state index contributed by atoms with van der Waals surface area (Å²) in [6.45, 7) is 0.771. The fourth-order valence-electron chi connectivity index (χ4n) is 3.99. The maximum atomic E-state index is 13.3. The zero-order valence-corrected chi connectivity index (χ0v) is 16.3. The summed E-state index contributed by atoms with van der Waals surface area (Å²) < 4.78 is 38.2. The maximum Gasteiger partial charge on any atom is 0.129 e. The third kappa shape index (κ3) is 4.57. The van der Waals surface area contributed by atoms with Gasteiger partial charge in [0.15, 0.2) is 0 Å². The van der Waals surface area contributed by atoms with Gasteiger partial charge in [0.2, 0.25) is 0 Å². The SMILES string of the molecule is OC1CC(CCNCC(O)C2CC(O)c3cc(F)ccc3O2)Oc2ccc(F)cc21. The fourth-order valence-corrected chi connectivity index (χ4v) is 3.99. The summed E-state index contributed by atoms with van der Waals surface area (Å²) in [5.74, 6) is 0.00645. The highest BCUT2D eigenvalue weighted by atomic mass is 19.1. The Morgan fingerprint density at radius 2 is 1.53 bits per heavy atom. The summed E-state index contributed by atoms with van der Waals surface area (Å²) in [5.41, 5.74) is 0.849. The first kappa shape index (κ1) is 21.0. The third-order valence-electron chi connectivity index (χ3n) is 5.60. The summed E-state index contributed by atoms with van der Waals surface area (Å²) in [7, 11) is 0. The first-order valence-corrected chi connectivity index (χ1v) is 10.1. The minimum Gasteiger partial charge on any atom is -0.490 e. The predicted octanol–water partition coefficient (Wildman–Crippen LogP) is 2.37. The van der Waals surface area contributed by atoms with Gasteiger partial charge in [0, 0.05) is 30.5 Å². The van der Waals surface area contributed by atoms with Crippen LogP contribution in [0.3, 0.4) is 0 Å². The van der Waals surface area contributed by atoms with Gasteiger partial charge in [-0.15, -0.1) is 0 Å². The molecule has 8 heteroatoms. The number of aliphatic hydroxyl groups excluding tert-OH is 3. The maximum absolute atomic E-state index is 13.3. The minimum absolute atomic E-state index is 0.171. The van der Waals surface area contributed by atoms with Gasteiger partial charge in [-0.25, -0.2) is 8.78 Å². The molecule has 6 nitrogen and oxygen atoms in total. The molecule has 2 aromatic carbocycles. The van der Waals surface area contributed by atoms with Crippen LogP contribution in [0, 0.1) is 11.6 Å². The van der Waals surface area contributed by atoms with Gasteiger partial charge in [-0.1, -0.05) is 0 Å².